The largest absolute Gasteiger partial charge is 0.496 e. The van der Waals surface area contributed by atoms with Crippen LogP contribution < -0.4 is 4.74 Å². The molecule has 0 amide bonds. The Kier molecular flexibility index (Phi) is 6.23. The number of piperidine rings is 1. The Labute approximate surface area is 164 Å². The zero-order chi connectivity index (χ0) is 19.4. The van der Waals surface area contributed by atoms with Crippen molar-refractivity contribution in [1.82, 2.24) is 4.90 Å². The average Bonchev–Trinajstić information content (AvgIpc) is 2.67. The standard InChI is InChI=1S/C24H33NO2/c1-24(2,3)19-12-10-18(11-13-19)16-25-15-14-21(23(17-25)27-5)20-8-6-7-9-22(20)26-4/h6-13,21,23H,14-17H2,1-5H3. The van der Waals surface area contributed by atoms with Crippen LogP contribution in [-0.2, 0) is 16.7 Å². The highest BCUT2D eigenvalue weighted by Crippen LogP contribution is 2.36. The summed E-state index contributed by atoms with van der Waals surface area (Å²) in [5, 5.41) is 0. The molecule has 3 nitrogen and oxygen atoms in total. The molecule has 1 heterocycles. The van der Waals surface area contributed by atoms with Crippen LogP contribution in [0.25, 0.3) is 0 Å². The summed E-state index contributed by atoms with van der Waals surface area (Å²) in [6.07, 6.45) is 1.27. The lowest BCUT2D eigenvalue weighted by molar-refractivity contribution is 0.0112. The van der Waals surface area contributed by atoms with E-state index in [0.29, 0.717) is 5.92 Å². The summed E-state index contributed by atoms with van der Waals surface area (Å²) in [5.74, 6) is 1.35. The fourth-order valence-electron chi connectivity index (χ4n) is 4.06. The van der Waals surface area contributed by atoms with Crippen molar-refractivity contribution in [2.45, 2.75) is 51.2 Å². The highest BCUT2D eigenvalue weighted by atomic mass is 16.5. The Balaban J connectivity index is 1.68. The van der Waals surface area contributed by atoms with Crippen molar-refractivity contribution < 1.29 is 9.47 Å². The first-order chi connectivity index (χ1) is 12.9. The minimum Gasteiger partial charge on any atom is -0.496 e. The molecule has 2 aromatic carbocycles. The number of ether oxygens (including phenoxy) is 2. The first kappa shape index (κ1) is 19.9. The zero-order valence-electron chi connectivity index (χ0n) is 17.4. The van der Waals surface area contributed by atoms with Gasteiger partial charge in [0.15, 0.2) is 0 Å². The minimum atomic E-state index is 0.184. The number of hydrogen-bond acceptors (Lipinski definition) is 3. The van der Waals surface area contributed by atoms with Crippen LogP contribution in [0.4, 0.5) is 0 Å². The number of para-hydroxylation sites is 1. The van der Waals surface area contributed by atoms with Crippen LogP contribution in [0.3, 0.4) is 0 Å². The normalized spacial score (nSPS) is 21.2. The van der Waals surface area contributed by atoms with Gasteiger partial charge in [0.05, 0.1) is 13.2 Å². The van der Waals surface area contributed by atoms with Crippen LogP contribution in [0.15, 0.2) is 48.5 Å². The molecule has 2 atom stereocenters. The van der Waals surface area contributed by atoms with Gasteiger partial charge in [0.25, 0.3) is 0 Å². The summed E-state index contributed by atoms with van der Waals surface area (Å²) in [4.78, 5) is 2.51. The second-order valence-electron chi connectivity index (χ2n) is 8.59. The van der Waals surface area contributed by atoms with Crippen molar-refractivity contribution in [2.24, 2.45) is 0 Å². The van der Waals surface area contributed by atoms with Crippen molar-refractivity contribution in [3.05, 3.63) is 65.2 Å². The molecule has 1 aliphatic rings. The molecule has 2 unspecified atom stereocenters. The van der Waals surface area contributed by atoms with Crippen LogP contribution in [0.1, 0.15) is 49.8 Å². The lowest BCUT2D eigenvalue weighted by Gasteiger charge is -2.38. The Hall–Kier alpha value is -1.84. The van der Waals surface area contributed by atoms with Crippen LogP contribution in [0.5, 0.6) is 5.75 Å². The van der Waals surface area contributed by atoms with Gasteiger partial charge in [-0.3, -0.25) is 4.90 Å². The third-order valence-corrected chi connectivity index (χ3v) is 5.71. The molecule has 3 heteroatoms. The SMILES string of the molecule is COc1ccccc1C1CCN(Cc2ccc(C(C)(C)C)cc2)CC1OC. The van der Waals surface area contributed by atoms with E-state index in [9.17, 15) is 0 Å². The average molecular weight is 368 g/mol. The van der Waals surface area contributed by atoms with Crippen LogP contribution >= 0.6 is 0 Å². The summed E-state index contributed by atoms with van der Waals surface area (Å²) in [5.41, 5.74) is 4.22. The molecule has 1 fully saturated rings. The molecule has 146 valence electrons. The molecule has 2 aromatic rings. The van der Waals surface area contributed by atoms with E-state index in [0.717, 1.165) is 31.8 Å². The van der Waals surface area contributed by atoms with Gasteiger partial charge in [-0.2, -0.15) is 0 Å². The lowest BCUT2D eigenvalue weighted by atomic mass is 9.85. The Morgan fingerprint density at radius 2 is 1.70 bits per heavy atom. The van der Waals surface area contributed by atoms with Gasteiger partial charge < -0.3 is 9.47 Å². The van der Waals surface area contributed by atoms with Gasteiger partial charge in [0.2, 0.25) is 0 Å². The topological polar surface area (TPSA) is 21.7 Å². The lowest BCUT2D eigenvalue weighted by Crippen LogP contribution is -2.43. The minimum absolute atomic E-state index is 0.184. The molecule has 0 radical (unpaired) electrons. The van der Waals surface area contributed by atoms with E-state index < -0.39 is 0 Å². The van der Waals surface area contributed by atoms with Crippen molar-refractivity contribution in [3.63, 3.8) is 0 Å². The Morgan fingerprint density at radius 3 is 2.33 bits per heavy atom. The van der Waals surface area contributed by atoms with Crippen LogP contribution in [-0.4, -0.2) is 38.3 Å². The van der Waals surface area contributed by atoms with Crippen molar-refractivity contribution in [2.75, 3.05) is 27.3 Å². The van der Waals surface area contributed by atoms with E-state index in [2.05, 4.69) is 62.1 Å². The third kappa shape index (κ3) is 4.72. The number of nitrogens with zero attached hydrogens (tertiary/aromatic N) is 1. The fraction of sp³-hybridized carbons (Fsp3) is 0.500. The second kappa shape index (κ2) is 8.45. The molecule has 3 rings (SSSR count). The predicted octanol–water partition coefficient (Wildman–Crippen LogP) is 5.00. The summed E-state index contributed by atoms with van der Waals surface area (Å²) in [7, 11) is 3.58. The van der Waals surface area contributed by atoms with E-state index in [-0.39, 0.29) is 11.5 Å². The van der Waals surface area contributed by atoms with Gasteiger partial charge in [-0.1, -0.05) is 63.2 Å². The van der Waals surface area contributed by atoms with Gasteiger partial charge in [0.1, 0.15) is 5.75 Å². The van der Waals surface area contributed by atoms with Crippen molar-refractivity contribution >= 4 is 0 Å². The number of benzene rings is 2. The highest BCUT2D eigenvalue weighted by Gasteiger charge is 2.32. The molecule has 0 spiro atoms. The highest BCUT2D eigenvalue weighted by molar-refractivity contribution is 5.37. The molecule has 1 saturated heterocycles. The number of hydrogen-bond donors (Lipinski definition) is 0. The molecular formula is C24H33NO2. The second-order valence-corrected chi connectivity index (χ2v) is 8.59. The fourth-order valence-corrected chi connectivity index (χ4v) is 4.06. The summed E-state index contributed by atoms with van der Waals surface area (Å²) in [6.45, 7) is 9.77. The predicted molar refractivity (Wildman–Crippen MR) is 112 cm³/mol. The maximum absolute atomic E-state index is 5.89. The van der Waals surface area contributed by atoms with Gasteiger partial charge in [-0.15, -0.1) is 0 Å². The summed E-state index contributed by atoms with van der Waals surface area (Å²) in [6, 6.07) is 17.4. The molecule has 27 heavy (non-hydrogen) atoms. The van der Waals surface area contributed by atoms with Crippen LogP contribution in [0.2, 0.25) is 0 Å². The van der Waals surface area contributed by atoms with Crippen molar-refractivity contribution in [1.29, 1.82) is 0 Å². The quantitative estimate of drug-likeness (QED) is 0.742. The number of likely N-dealkylation sites (tertiary alicyclic amines) is 1. The number of rotatable bonds is 5. The number of methoxy groups -OCH3 is 2. The van der Waals surface area contributed by atoms with Crippen molar-refractivity contribution in [3.8, 4) is 5.75 Å². The van der Waals surface area contributed by atoms with E-state index in [1.54, 1.807) is 7.11 Å². The van der Waals surface area contributed by atoms with Gasteiger partial charge in [-0.25, -0.2) is 0 Å². The first-order valence-corrected chi connectivity index (χ1v) is 9.90. The van der Waals surface area contributed by atoms with E-state index in [1.165, 1.54) is 16.7 Å². The molecule has 0 aromatic heterocycles. The molecule has 0 saturated carbocycles. The Morgan fingerprint density at radius 1 is 1.00 bits per heavy atom. The van der Waals surface area contributed by atoms with Crippen LogP contribution in [0, 0.1) is 0 Å². The molecule has 0 N–H and O–H groups in total. The summed E-state index contributed by atoms with van der Waals surface area (Å²) >= 11 is 0. The van der Waals surface area contributed by atoms with E-state index >= 15 is 0 Å². The van der Waals surface area contributed by atoms with E-state index in [4.69, 9.17) is 9.47 Å². The molecular weight excluding hydrogens is 334 g/mol. The van der Waals surface area contributed by atoms with Gasteiger partial charge in [-0.05, 0) is 41.1 Å². The summed E-state index contributed by atoms with van der Waals surface area (Å²) < 4.78 is 11.5. The monoisotopic (exact) mass is 367 g/mol. The smallest absolute Gasteiger partial charge is 0.122 e. The molecule has 1 aliphatic heterocycles. The third-order valence-electron chi connectivity index (χ3n) is 5.71. The maximum Gasteiger partial charge on any atom is 0.122 e. The Bertz CT molecular complexity index is 733. The maximum atomic E-state index is 5.89. The molecule has 0 aliphatic carbocycles. The zero-order valence-corrected chi connectivity index (χ0v) is 17.4. The van der Waals surface area contributed by atoms with E-state index in [1.807, 2.05) is 19.2 Å². The first-order valence-electron chi connectivity index (χ1n) is 9.90. The van der Waals surface area contributed by atoms with Gasteiger partial charge in [0, 0.05) is 26.1 Å². The molecule has 0 bridgehead atoms. The van der Waals surface area contributed by atoms with Gasteiger partial charge >= 0.3 is 0 Å².